The van der Waals surface area contributed by atoms with Crippen LogP contribution in [0.25, 0.3) is 0 Å². The summed E-state index contributed by atoms with van der Waals surface area (Å²) < 4.78 is 5.76. The molecule has 0 aliphatic carbocycles. The zero-order chi connectivity index (χ0) is 15.4. The first kappa shape index (κ1) is 16.6. The minimum Gasteiger partial charge on any atom is -0.487 e. The van der Waals surface area contributed by atoms with E-state index < -0.39 is 0 Å². The number of halogens is 4. The molecule has 0 aromatic heterocycles. The highest BCUT2D eigenvalue weighted by Crippen LogP contribution is 2.29. The summed E-state index contributed by atoms with van der Waals surface area (Å²) in [4.78, 5) is 0. The van der Waals surface area contributed by atoms with Crippen LogP contribution in [0.15, 0.2) is 36.4 Å². The van der Waals surface area contributed by atoms with Gasteiger partial charge in [0.1, 0.15) is 11.9 Å². The molecule has 112 valence electrons. The Morgan fingerprint density at radius 3 is 2.19 bits per heavy atom. The molecule has 0 saturated carbocycles. The summed E-state index contributed by atoms with van der Waals surface area (Å²) in [6.45, 7) is 2.50. The third-order valence-electron chi connectivity index (χ3n) is 2.73. The second-order valence-electron chi connectivity index (χ2n) is 4.51. The number of benzene rings is 2. The first-order valence-corrected chi connectivity index (χ1v) is 7.77. The van der Waals surface area contributed by atoms with Gasteiger partial charge in [0.2, 0.25) is 0 Å². The number of rotatable bonds is 5. The van der Waals surface area contributed by atoms with Crippen molar-refractivity contribution in [1.29, 1.82) is 0 Å². The van der Waals surface area contributed by atoms with Crippen molar-refractivity contribution in [2.75, 3.05) is 11.9 Å². The number of nitrogens with one attached hydrogen (secondary N) is 1. The highest BCUT2D eigenvalue weighted by Gasteiger charge is 2.09. The van der Waals surface area contributed by atoms with E-state index in [1.165, 1.54) is 0 Å². The van der Waals surface area contributed by atoms with Gasteiger partial charge in [0.15, 0.2) is 0 Å². The Balaban J connectivity index is 1.94. The van der Waals surface area contributed by atoms with Gasteiger partial charge in [0.05, 0.1) is 22.3 Å². The van der Waals surface area contributed by atoms with Gasteiger partial charge >= 0.3 is 0 Å². The fraction of sp³-hybridized carbons (Fsp3) is 0.200. The van der Waals surface area contributed by atoms with Gasteiger partial charge in [-0.2, -0.15) is 0 Å². The van der Waals surface area contributed by atoms with Crippen molar-refractivity contribution < 1.29 is 4.74 Å². The van der Waals surface area contributed by atoms with Gasteiger partial charge in [-0.25, -0.2) is 0 Å². The summed E-state index contributed by atoms with van der Waals surface area (Å²) >= 11 is 23.9. The van der Waals surface area contributed by atoms with Gasteiger partial charge in [-0.1, -0.05) is 46.4 Å². The molecule has 2 nitrogen and oxygen atoms in total. The monoisotopic (exact) mass is 363 g/mol. The maximum Gasteiger partial charge on any atom is 0.138 e. The Labute approximate surface area is 143 Å². The van der Waals surface area contributed by atoms with Crippen LogP contribution in [0.1, 0.15) is 6.92 Å². The van der Waals surface area contributed by atoms with Crippen LogP contribution >= 0.6 is 46.4 Å². The Morgan fingerprint density at radius 2 is 1.57 bits per heavy atom. The summed E-state index contributed by atoms with van der Waals surface area (Å²) in [6.07, 6.45) is -0.101. The molecule has 21 heavy (non-hydrogen) atoms. The normalized spacial score (nSPS) is 12.0. The number of hydrogen-bond donors (Lipinski definition) is 1. The SMILES string of the molecule is CC(CNc1ccc(Cl)cc1Cl)Oc1ccc(Cl)cc1Cl. The lowest BCUT2D eigenvalue weighted by atomic mass is 10.3. The Bertz CT molecular complexity index is 633. The lowest BCUT2D eigenvalue weighted by Crippen LogP contribution is -2.22. The van der Waals surface area contributed by atoms with E-state index in [9.17, 15) is 0 Å². The lowest BCUT2D eigenvalue weighted by molar-refractivity contribution is 0.235. The molecule has 0 amide bonds. The van der Waals surface area contributed by atoms with Crippen molar-refractivity contribution in [3.8, 4) is 5.75 Å². The second kappa shape index (κ2) is 7.46. The molecule has 1 N–H and O–H groups in total. The zero-order valence-corrected chi connectivity index (χ0v) is 14.2. The third kappa shape index (κ3) is 4.86. The average Bonchev–Trinajstić information content (AvgIpc) is 2.41. The Kier molecular flexibility index (Phi) is 5.88. The Hall–Kier alpha value is -0.800. The topological polar surface area (TPSA) is 21.3 Å². The largest absolute Gasteiger partial charge is 0.487 e. The van der Waals surface area contributed by atoms with Gasteiger partial charge in [-0.05, 0) is 43.3 Å². The molecule has 1 unspecified atom stereocenters. The van der Waals surface area contributed by atoms with E-state index in [4.69, 9.17) is 51.1 Å². The summed E-state index contributed by atoms with van der Waals surface area (Å²) in [5.74, 6) is 0.595. The van der Waals surface area contributed by atoms with E-state index in [1.54, 1.807) is 30.3 Å². The molecular weight excluding hydrogens is 352 g/mol. The first-order valence-electron chi connectivity index (χ1n) is 6.26. The highest BCUT2D eigenvalue weighted by atomic mass is 35.5. The lowest BCUT2D eigenvalue weighted by Gasteiger charge is -2.17. The number of ether oxygens (including phenoxy) is 1. The molecule has 6 heteroatoms. The molecule has 2 rings (SSSR count). The summed E-state index contributed by atoms with van der Waals surface area (Å²) in [6, 6.07) is 10.4. The second-order valence-corrected chi connectivity index (χ2v) is 6.20. The van der Waals surface area contributed by atoms with Crippen molar-refractivity contribution in [2.45, 2.75) is 13.0 Å². The zero-order valence-electron chi connectivity index (χ0n) is 11.2. The fourth-order valence-electron chi connectivity index (χ4n) is 1.72. The van der Waals surface area contributed by atoms with Crippen LogP contribution < -0.4 is 10.1 Å². The third-order valence-corrected chi connectivity index (χ3v) is 3.81. The standard InChI is InChI=1S/C15H13Cl4NO/c1-9(21-15-5-3-11(17)7-13(15)19)8-20-14-4-2-10(16)6-12(14)18/h2-7,9,20H,8H2,1H3. The minimum atomic E-state index is -0.101. The number of hydrogen-bond acceptors (Lipinski definition) is 2. The number of anilines is 1. The van der Waals surface area contributed by atoms with Crippen LogP contribution in [0.2, 0.25) is 20.1 Å². The molecule has 0 aliphatic rings. The van der Waals surface area contributed by atoms with Crippen molar-refractivity contribution in [2.24, 2.45) is 0 Å². The van der Waals surface area contributed by atoms with E-state index in [1.807, 2.05) is 13.0 Å². The Morgan fingerprint density at radius 1 is 0.952 bits per heavy atom. The van der Waals surface area contributed by atoms with Gasteiger partial charge in [-0.3, -0.25) is 0 Å². The van der Waals surface area contributed by atoms with Crippen molar-refractivity contribution in [3.05, 3.63) is 56.5 Å². The molecule has 0 saturated heterocycles. The molecule has 0 fully saturated rings. The van der Waals surface area contributed by atoms with Crippen LogP contribution in [0, 0.1) is 0 Å². The van der Waals surface area contributed by atoms with E-state index in [0.29, 0.717) is 32.4 Å². The van der Waals surface area contributed by atoms with Crippen molar-refractivity contribution in [1.82, 2.24) is 0 Å². The molecule has 0 heterocycles. The summed E-state index contributed by atoms with van der Waals surface area (Å²) in [7, 11) is 0. The van der Waals surface area contributed by atoms with E-state index in [0.717, 1.165) is 5.69 Å². The summed E-state index contributed by atoms with van der Waals surface area (Å²) in [5.41, 5.74) is 0.804. The maximum absolute atomic E-state index is 6.09. The predicted molar refractivity (Wildman–Crippen MR) is 91.5 cm³/mol. The van der Waals surface area contributed by atoms with Crippen molar-refractivity contribution >= 4 is 52.1 Å². The molecule has 1 atom stereocenters. The molecule has 0 spiro atoms. The van der Waals surface area contributed by atoms with E-state index >= 15 is 0 Å². The molecular formula is C15H13Cl4NO. The average molecular weight is 365 g/mol. The summed E-state index contributed by atoms with van der Waals surface area (Å²) in [5, 5.41) is 5.43. The van der Waals surface area contributed by atoms with Crippen LogP contribution in [0.4, 0.5) is 5.69 Å². The van der Waals surface area contributed by atoms with Crippen LogP contribution in [-0.4, -0.2) is 12.6 Å². The molecule has 2 aromatic carbocycles. The quantitative estimate of drug-likeness (QED) is 0.683. The van der Waals surface area contributed by atoms with Gasteiger partial charge in [0.25, 0.3) is 0 Å². The van der Waals surface area contributed by atoms with Crippen LogP contribution in [0.5, 0.6) is 5.75 Å². The maximum atomic E-state index is 6.09. The van der Waals surface area contributed by atoms with Gasteiger partial charge < -0.3 is 10.1 Å². The van der Waals surface area contributed by atoms with Crippen LogP contribution in [0.3, 0.4) is 0 Å². The highest BCUT2D eigenvalue weighted by molar-refractivity contribution is 6.36. The van der Waals surface area contributed by atoms with Gasteiger partial charge in [0, 0.05) is 10.0 Å². The van der Waals surface area contributed by atoms with E-state index in [2.05, 4.69) is 5.32 Å². The molecule has 2 aromatic rings. The minimum absolute atomic E-state index is 0.101. The van der Waals surface area contributed by atoms with Gasteiger partial charge in [-0.15, -0.1) is 0 Å². The molecule has 0 radical (unpaired) electrons. The predicted octanol–water partition coefficient (Wildman–Crippen LogP) is 6.18. The molecule has 0 bridgehead atoms. The van der Waals surface area contributed by atoms with Crippen LogP contribution in [-0.2, 0) is 0 Å². The first-order chi connectivity index (χ1) is 9.95. The fourth-order valence-corrected chi connectivity index (χ4v) is 2.64. The smallest absolute Gasteiger partial charge is 0.138 e. The molecule has 0 aliphatic heterocycles. The van der Waals surface area contributed by atoms with E-state index in [-0.39, 0.29) is 6.10 Å². The van der Waals surface area contributed by atoms with Crippen molar-refractivity contribution in [3.63, 3.8) is 0 Å².